The van der Waals surface area contributed by atoms with E-state index in [9.17, 15) is 0 Å². The van der Waals surface area contributed by atoms with Gasteiger partial charge in [-0.15, -0.1) is 11.3 Å². The lowest BCUT2D eigenvalue weighted by atomic mass is 10.0. The average Bonchev–Trinajstić information content (AvgIpc) is 3.67. The van der Waals surface area contributed by atoms with Gasteiger partial charge in [-0.3, -0.25) is 4.98 Å². The van der Waals surface area contributed by atoms with Crippen molar-refractivity contribution in [2.45, 2.75) is 0 Å². The molecule has 0 aliphatic rings. The smallest absolute Gasteiger partial charge is 0.180 e. The molecule has 9 rings (SSSR count). The number of hydrogen-bond acceptors (Lipinski definition) is 6. The lowest BCUT2D eigenvalue weighted by Crippen LogP contribution is -1.86. The van der Waals surface area contributed by atoms with Crippen molar-refractivity contribution in [2.75, 3.05) is 0 Å². The molecule has 0 amide bonds. The van der Waals surface area contributed by atoms with Gasteiger partial charge in [0, 0.05) is 59.9 Å². The number of furan rings is 2. The fraction of sp³-hybridized carbons (Fsp3) is 0. The number of benzene rings is 4. The lowest BCUT2D eigenvalue weighted by Gasteiger charge is -2.04. The Hall–Kier alpha value is -5.07. The van der Waals surface area contributed by atoms with E-state index in [4.69, 9.17) is 8.83 Å². The Balaban J connectivity index is 1.26. The van der Waals surface area contributed by atoms with E-state index in [1.165, 1.54) is 20.2 Å². The molecule has 6 heteroatoms. The first-order valence-corrected chi connectivity index (χ1v) is 13.5. The van der Waals surface area contributed by atoms with Gasteiger partial charge in [-0.25, -0.2) is 9.97 Å². The lowest BCUT2D eigenvalue weighted by molar-refractivity contribution is 0.666. The minimum absolute atomic E-state index is 0.689. The Bertz CT molecular complexity index is 2250. The van der Waals surface area contributed by atoms with Crippen LogP contribution in [-0.4, -0.2) is 15.0 Å². The van der Waals surface area contributed by atoms with Crippen molar-refractivity contribution in [2.24, 2.45) is 0 Å². The zero-order valence-electron chi connectivity index (χ0n) is 20.4. The molecular formula is C33H17N3O2S. The van der Waals surface area contributed by atoms with Gasteiger partial charge in [-0.05, 0) is 54.1 Å². The Labute approximate surface area is 225 Å². The number of pyridine rings is 1. The highest BCUT2D eigenvalue weighted by atomic mass is 32.1. The molecule has 5 heterocycles. The van der Waals surface area contributed by atoms with Crippen LogP contribution in [0, 0.1) is 0 Å². The zero-order chi connectivity index (χ0) is 25.5. The van der Waals surface area contributed by atoms with Gasteiger partial charge < -0.3 is 8.83 Å². The molecule has 39 heavy (non-hydrogen) atoms. The number of aromatic nitrogens is 3. The van der Waals surface area contributed by atoms with Crippen LogP contribution < -0.4 is 0 Å². The van der Waals surface area contributed by atoms with Crippen LogP contribution in [0.1, 0.15) is 0 Å². The Morgan fingerprint density at radius 2 is 1.33 bits per heavy atom. The molecule has 0 fully saturated rings. The molecule has 0 spiro atoms. The molecule has 0 bridgehead atoms. The second-order valence-electron chi connectivity index (χ2n) is 9.68. The SMILES string of the molecule is c1ccc2c(c1)oc1c(-c3ccc4oc5ccc(-c6cncc7c6sc6ccccc67)cc5c4c3)ncnc12. The minimum atomic E-state index is 0.689. The molecule has 0 saturated heterocycles. The van der Waals surface area contributed by atoms with Crippen molar-refractivity contribution >= 4 is 75.5 Å². The number of para-hydroxylation sites is 1. The van der Waals surface area contributed by atoms with Crippen molar-refractivity contribution in [3.05, 3.63) is 104 Å². The number of hydrogen-bond donors (Lipinski definition) is 0. The molecule has 0 atom stereocenters. The standard InChI is InChI=1S/C33H17N3O2S/c1-3-7-26-21(6-1)31-32(38-26)30(35-17-36-31)19-10-12-28-23(14-19)22-13-18(9-11-27(22)37-28)24-15-34-16-25-20-5-2-4-8-29(20)39-33(24)25/h1-17H. The molecule has 5 nitrogen and oxygen atoms in total. The van der Waals surface area contributed by atoms with E-state index in [1.54, 1.807) is 6.33 Å². The summed E-state index contributed by atoms with van der Waals surface area (Å²) in [5.41, 5.74) is 7.95. The quantitative estimate of drug-likeness (QED) is 0.228. The largest absolute Gasteiger partial charge is 0.456 e. The van der Waals surface area contributed by atoms with Crippen molar-refractivity contribution in [1.29, 1.82) is 0 Å². The fourth-order valence-electron chi connectivity index (χ4n) is 5.67. The van der Waals surface area contributed by atoms with E-state index in [-0.39, 0.29) is 0 Å². The van der Waals surface area contributed by atoms with Gasteiger partial charge in [0.15, 0.2) is 5.58 Å². The van der Waals surface area contributed by atoms with E-state index in [0.717, 1.165) is 60.8 Å². The van der Waals surface area contributed by atoms with Crippen molar-refractivity contribution < 1.29 is 8.83 Å². The highest BCUT2D eigenvalue weighted by Gasteiger charge is 2.17. The molecule has 0 aliphatic heterocycles. The number of fused-ring (bicyclic) bond motifs is 9. The highest BCUT2D eigenvalue weighted by molar-refractivity contribution is 7.26. The van der Waals surface area contributed by atoms with Crippen LogP contribution in [0.5, 0.6) is 0 Å². The molecule has 0 radical (unpaired) electrons. The summed E-state index contributed by atoms with van der Waals surface area (Å²) < 4.78 is 15.0. The average molecular weight is 520 g/mol. The van der Waals surface area contributed by atoms with Gasteiger partial charge in [0.1, 0.15) is 34.3 Å². The predicted octanol–water partition coefficient (Wildman–Crippen LogP) is 9.37. The summed E-state index contributed by atoms with van der Waals surface area (Å²) in [6.07, 6.45) is 5.54. The molecule has 0 unspecified atom stereocenters. The molecule has 0 aliphatic carbocycles. The number of rotatable bonds is 2. The summed E-state index contributed by atoms with van der Waals surface area (Å²) in [4.78, 5) is 13.7. The minimum Gasteiger partial charge on any atom is -0.456 e. The van der Waals surface area contributed by atoms with Crippen molar-refractivity contribution in [3.63, 3.8) is 0 Å². The number of thiophene rings is 1. The van der Waals surface area contributed by atoms with Crippen LogP contribution in [0.2, 0.25) is 0 Å². The summed E-state index contributed by atoms with van der Waals surface area (Å²) in [6, 6.07) is 29.0. The Morgan fingerprint density at radius 1 is 0.590 bits per heavy atom. The summed E-state index contributed by atoms with van der Waals surface area (Å²) in [7, 11) is 0. The fourth-order valence-corrected chi connectivity index (χ4v) is 6.87. The van der Waals surface area contributed by atoms with Crippen molar-refractivity contribution in [3.8, 4) is 22.4 Å². The molecule has 4 aromatic carbocycles. The van der Waals surface area contributed by atoms with E-state index in [2.05, 4.69) is 63.5 Å². The highest BCUT2D eigenvalue weighted by Crippen LogP contribution is 2.41. The molecule has 9 aromatic rings. The molecular weight excluding hydrogens is 502 g/mol. The monoisotopic (exact) mass is 519 g/mol. The molecule has 0 N–H and O–H groups in total. The summed E-state index contributed by atoms with van der Waals surface area (Å²) in [5.74, 6) is 0. The van der Waals surface area contributed by atoms with E-state index < -0.39 is 0 Å². The zero-order valence-corrected chi connectivity index (χ0v) is 21.2. The predicted molar refractivity (Wildman–Crippen MR) is 158 cm³/mol. The molecule has 5 aromatic heterocycles. The maximum atomic E-state index is 6.24. The summed E-state index contributed by atoms with van der Waals surface area (Å²) >= 11 is 1.81. The normalized spacial score (nSPS) is 12.1. The van der Waals surface area contributed by atoms with Gasteiger partial charge in [0.05, 0.1) is 0 Å². The van der Waals surface area contributed by atoms with Crippen LogP contribution >= 0.6 is 11.3 Å². The second kappa shape index (κ2) is 7.72. The van der Waals surface area contributed by atoms with Crippen LogP contribution in [0.4, 0.5) is 0 Å². The first-order valence-electron chi connectivity index (χ1n) is 12.7. The van der Waals surface area contributed by atoms with Crippen molar-refractivity contribution in [1.82, 2.24) is 15.0 Å². The van der Waals surface area contributed by atoms with Crippen LogP contribution in [0.15, 0.2) is 112 Å². The maximum Gasteiger partial charge on any atom is 0.180 e. The van der Waals surface area contributed by atoms with Crippen LogP contribution in [-0.2, 0) is 0 Å². The summed E-state index contributed by atoms with van der Waals surface area (Å²) in [5, 5.41) is 5.50. The van der Waals surface area contributed by atoms with Gasteiger partial charge in [-0.2, -0.15) is 0 Å². The van der Waals surface area contributed by atoms with Gasteiger partial charge in [0.25, 0.3) is 0 Å². The molecule has 0 saturated carbocycles. The third kappa shape index (κ3) is 2.97. The third-order valence-corrected chi connectivity index (χ3v) is 8.72. The number of nitrogens with zero attached hydrogens (tertiary/aromatic N) is 3. The van der Waals surface area contributed by atoms with Crippen LogP contribution in [0.25, 0.3) is 86.6 Å². The van der Waals surface area contributed by atoms with Gasteiger partial charge in [-0.1, -0.05) is 36.4 Å². The third-order valence-electron chi connectivity index (χ3n) is 7.50. The van der Waals surface area contributed by atoms with Crippen LogP contribution in [0.3, 0.4) is 0 Å². The van der Waals surface area contributed by atoms with E-state index >= 15 is 0 Å². The Kier molecular flexibility index (Phi) is 4.14. The topological polar surface area (TPSA) is 65.0 Å². The Morgan fingerprint density at radius 3 is 2.23 bits per heavy atom. The second-order valence-corrected chi connectivity index (χ2v) is 10.7. The maximum absolute atomic E-state index is 6.24. The molecule has 182 valence electrons. The first-order chi connectivity index (χ1) is 19.3. The van der Waals surface area contributed by atoms with E-state index in [0.29, 0.717) is 5.58 Å². The first kappa shape index (κ1) is 20.9. The summed E-state index contributed by atoms with van der Waals surface area (Å²) in [6.45, 7) is 0. The van der Waals surface area contributed by atoms with E-state index in [1.807, 2.05) is 60.1 Å². The van der Waals surface area contributed by atoms with Gasteiger partial charge >= 0.3 is 0 Å². The van der Waals surface area contributed by atoms with Gasteiger partial charge in [0.2, 0.25) is 0 Å².